The lowest BCUT2D eigenvalue weighted by molar-refractivity contribution is -0.128. The molecule has 4 heteroatoms. The van der Waals surface area contributed by atoms with Crippen molar-refractivity contribution in [1.29, 1.82) is 0 Å². The predicted molar refractivity (Wildman–Crippen MR) is 120 cm³/mol. The van der Waals surface area contributed by atoms with Gasteiger partial charge in [0.05, 0.1) is 11.4 Å². The van der Waals surface area contributed by atoms with Gasteiger partial charge in [0, 0.05) is 29.9 Å². The van der Waals surface area contributed by atoms with Gasteiger partial charge in [-0.3, -0.25) is 4.79 Å². The minimum atomic E-state index is -0.0552. The van der Waals surface area contributed by atoms with E-state index < -0.39 is 0 Å². The summed E-state index contributed by atoms with van der Waals surface area (Å²) < 4.78 is 2.02. The van der Waals surface area contributed by atoms with E-state index in [2.05, 4.69) is 69.4 Å². The Morgan fingerprint density at radius 1 is 1.03 bits per heavy atom. The van der Waals surface area contributed by atoms with Crippen LogP contribution in [0.15, 0.2) is 54.6 Å². The van der Waals surface area contributed by atoms with Crippen LogP contribution in [-0.4, -0.2) is 21.6 Å². The van der Waals surface area contributed by atoms with Gasteiger partial charge in [-0.05, 0) is 43.4 Å². The smallest absolute Gasteiger partial charge is 0.139 e. The number of hydrogen-bond acceptors (Lipinski definition) is 3. The number of nitrogens with zero attached hydrogens (tertiary/aromatic N) is 2. The fraction of sp³-hybridized carbons (Fsp3) is 0.385. The lowest BCUT2D eigenvalue weighted by atomic mass is 9.62. The molecule has 1 aliphatic carbocycles. The first kappa shape index (κ1) is 19.1. The maximum Gasteiger partial charge on any atom is 0.139 e. The third-order valence-electron chi connectivity index (χ3n) is 6.77. The second-order valence-corrected chi connectivity index (χ2v) is 9.77. The van der Waals surface area contributed by atoms with E-state index in [-0.39, 0.29) is 23.3 Å². The molecule has 2 aromatic carbocycles. The molecule has 0 spiro atoms. The van der Waals surface area contributed by atoms with Gasteiger partial charge in [0.2, 0.25) is 0 Å². The van der Waals surface area contributed by atoms with Crippen LogP contribution in [0.2, 0.25) is 0 Å². The third kappa shape index (κ3) is 3.06. The second-order valence-electron chi connectivity index (χ2n) is 9.77. The molecule has 4 nitrogen and oxygen atoms in total. The highest BCUT2D eigenvalue weighted by molar-refractivity contribution is 5.87. The Morgan fingerprint density at radius 3 is 2.43 bits per heavy atom. The summed E-state index contributed by atoms with van der Waals surface area (Å²) >= 11 is 0. The fourth-order valence-corrected chi connectivity index (χ4v) is 5.48. The van der Waals surface area contributed by atoms with Crippen molar-refractivity contribution in [2.75, 3.05) is 5.32 Å². The van der Waals surface area contributed by atoms with Crippen LogP contribution < -0.4 is 5.32 Å². The van der Waals surface area contributed by atoms with Crippen LogP contribution in [0.5, 0.6) is 0 Å². The Bertz CT molecular complexity index is 1100. The molecule has 3 atom stereocenters. The minimum Gasteiger partial charge on any atom is -0.366 e. The largest absolute Gasteiger partial charge is 0.366 e. The first-order valence-corrected chi connectivity index (χ1v) is 10.8. The molecular formula is C26H29N3O. The Kier molecular flexibility index (Phi) is 4.35. The van der Waals surface area contributed by atoms with E-state index in [4.69, 9.17) is 5.10 Å². The summed E-state index contributed by atoms with van der Waals surface area (Å²) in [5.41, 5.74) is 5.64. The Hall–Kier alpha value is -2.88. The predicted octanol–water partition coefficient (Wildman–Crippen LogP) is 5.42. The van der Waals surface area contributed by atoms with Crippen molar-refractivity contribution >= 4 is 11.6 Å². The number of anilines is 1. The molecule has 30 heavy (non-hydrogen) atoms. The van der Waals surface area contributed by atoms with Gasteiger partial charge in [-0.1, -0.05) is 61.9 Å². The van der Waals surface area contributed by atoms with Gasteiger partial charge in [0.25, 0.3) is 0 Å². The number of carbonyl (C=O) groups is 1. The number of aryl methyl sites for hydroxylation is 2. The zero-order valence-electron chi connectivity index (χ0n) is 18.1. The van der Waals surface area contributed by atoms with E-state index in [1.54, 1.807) is 0 Å². The summed E-state index contributed by atoms with van der Waals surface area (Å²) in [6, 6.07) is 19.1. The molecule has 1 fully saturated rings. The fourth-order valence-electron chi connectivity index (χ4n) is 5.48. The van der Waals surface area contributed by atoms with Crippen molar-refractivity contribution in [3.63, 3.8) is 0 Å². The van der Waals surface area contributed by atoms with Gasteiger partial charge < -0.3 is 5.32 Å². The molecule has 5 rings (SSSR count). The van der Waals surface area contributed by atoms with Crippen molar-refractivity contribution in [1.82, 2.24) is 9.78 Å². The highest BCUT2D eigenvalue weighted by Gasteiger charge is 2.49. The zero-order valence-corrected chi connectivity index (χ0v) is 18.1. The number of benzene rings is 2. The van der Waals surface area contributed by atoms with Crippen LogP contribution in [0.3, 0.4) is 0 Å². The lowest BCUT2D eigenvalue weighted by Crippen LogP contribution is -2.50. The number of nitrogens with one attached hydrogen (secondary N) is 1. The molecule has 2 heterocycles. The normalized spacial score (nSPS) is 24.7. The van der Waals surface area contributed by atoms with E-state index in [0.717, 1.165) is 29.2 Å². The van der Waals surface area contributed by atoms with Gasteiger partial charge in [-0.25, -0.2) is 4.68 Å². The number of para-hydroxylation sites is 1. The van der Waals surface area contributed by atoms with Crippen molar-refractivity contribution in [3.8, 4) is 5.69 Å². The molecule has 0 bridgehead atoms. The maximum atomic E-state index is 13.4. The first-order chi connectivity index (χ1) is 14.3. The number of hydrogen-bond donors (Lipinski definition) is 1. The Labute approximate surface area is 178 Å². The van der Waals surface area contributed by atoms with E-state index >= 15 is 0 Å². The summed E-state index contributed by atoms with van der Waals surface area (Å²) in [6.45, 7) is 8.59. The van der Waals surface area contributed by atoms with Crippen molar-refractivity contribution in [2.24, 2.45) is 11.3 Å². The first-order valence-electron chi connectivity index (χ1n) is 10.8. The van der Waals surface area contributed by atoms with Crippen molar-refractivity contribution in [2.45, 2.75) is 52.5 Å². The van der Waals surface area contributed by atoms with Gasteiger partial charge in [0.15, 0.2) is 0 Å². The molecule has 3 aromatic rings. The van der Waals surface area contributed by atoms with E-state index in [1.165, 1.54) is 11.1 Å². The number of rotatable bonds is 2. The van der Waals surface area contributed by atoms with Gasteiger partial charge >= 0.3 is 0 Å². The molecule has 0 saturated heterocycles. The standard InChI is InChI=1S/C26H29N3O/c1-16-10-12-18(13-11-16)23-22-17(2)28-29(19-8-6-5-7-9-19)25(22)27-20-14-26(3,4)15-21(30)24(20)23/h5-13,20,23-24,27H,14-15H2,1-4H3. The number of carbonyl (C=O) groups excluding carboxylic acids is 1. The summed E-state index contributed by atoms with van der Waals surface area (Å²) in [5.74, 6) is 1.39. The number of fused-ring (bicyclic) bond motifs is 2. The second kappa shape index (κ2) is 6.83. The molecule has 1 aromatic heterocycles. The van der Waals surface area contributed by atoms with E-state index in [0.29, 0.717) is 12.2 Å². The number of ketones is 1. The topological polar surface area (TPSA) is 46.9 Å². The molecule has 2 aliphatic rings. The van der Waals surface area contributed by atoms with Crippen LogP contribution in [-0.2, 0) is 4.79 Å². The summed E-state index contributed by atoms with van der Waals surface area (Å²) in [4.78, 5) is 13.4. The highest BCUT2D eigenvalue weighted by atomic mass is 16.1. The molecule has 1 N–H and O–H groups in total. The van der Waals surface area contributed by atoms with Gasteiger partial charge in [-0.2, -0.15) is 5.10 Å². The molecule has 1 saturated carbocycles. The Morgan fingerprint density at radius 2 is 1.73 bits per heavy atom. The molecule has 0 radical (unpaired) electrons. The monoisotopic (exact) mass is 399 g/mol. The van der Waals surface area contributed by atoms with Crippen LogP contribution in [0.1, 0.15) is 55.0 Å². The molecule has 1 aliphatic heterocycles. The van der Waals surface area contributed by atoms with Crippen molar-refractivity contribution in [3.05, 3.63) is 77.0 Å². The maximum absolute atomic E-state index is 13.4. The lowest BCUT2D eigenvalue weighted by Gasteiger charge is -2.46. The van der Waals surface area contributed by atoms with Crippen molar-refractivity contribution < 1.29 is 4.79 Å². The van der Waals surface area contributed by atoms with E-state index in [9.17, 15) is 4.79 Å². The van der Waals surface area contributed by atoms with Gasteiger partial charge in [-0.15, -0.1) is 0 Å². The third-order valence-corrected chi connectivity index (χ3v) is 6.77. The molecule has 0 amide bonds. The molecular weight excluding hydrogens is 370 g/mol. The summed E-state index contributed by atoms with van der Waals surface area (Å²) in [5, 5.41) is 8.68. The minimum absolute atomic E-state index is 0.00716. The molecule has 154 valence electrons. The highest BCUT2D eigenvalue weighted by Crippen LogP contribution is 2.51. The van der Waals surface area contributed by atoms with E-state index in [1.807, 2.05) is 22.9 Å². The van der Waals surface area contributed by atoms with Gasteiger partial charge in [0.1, 0.15) is 11.6 Å². The Balaban J connectivity index is 1.72. The zero-order chi connectivity index (χ0) is 21.0. The van der Waals surface area contributed by atoms with Crippen LogP contribution >= 0.6 is 0 Å². The van der Waals surface area contributed by atoms with Crippen LogP contribution in [0.4, 0.5) is 5.82 Å². The average molecular weight is 400 g/mol. The van der Waals surface area contributed by atoms with Crippen LogP contribution in [0.25, 0.3) is 5.69 Å². The number of aromatic nitrogens is 2. The van der Waals surface area contributed by atoms with Crippen LogP contribution in [0, 0.1) is 25.2 Å². The number of Topliss-reactive ketones (excluding diaryl/α,β-unsaturated/α-hetero) is 1. The quantitative estimate of drug-likeness (QED) is 0.626. The SMILES string of the molecule is Cc1ccc(C2c3c(C)nn(-c4ccccc4)c3NC3CC(C)(C)CC(=O)C32)cc1. The molecule has 3 unspecified atom stereocenters. The summed E-state index contributed by atoms with van der Waals surface area (Å²) in [6.07, 6.45) is 1.61. The summed E-state index contributed by atoms with van der Waals surface area (Å²) in [7, 11) is 0. The average Bonchev–Trinajstić information content (AvgIpc) is 3.03.